The SMILES string of the molecule is O=C(NCc1cccnc1-n1cncn1)NC1CCOc2ccc(Br)cc21. The molecule has 2 amide bonds. The molecule has 0 fully saturated rings. The van der Waals surface area contributed by atoms with Crippen LogP contribution in [0.15, 0.2) is 53.7 Å². The predicted octanol–water partition coefficient (Wildman–Crippen LogP) is 2.75. The summed E-state index contributed by atoms with van der Waals surface area (Å²) in [6.07, 6.45) is 5.41. The number of fused-ring (bicyclic) bond motifs is 1. The molecule has 1 atom stereocenters. The van der Waals surface area contributed by atoms with Gasteiger partial charge in [-0.2, -0.15) is 5.10 Å². The molecule has 138 valence electrons. The molecule has 0 spiro atoms. The summed E-state index contributed by atoms with van der Waals surface area (Å²) < 4.78 is 8.18. The highest BCUT2D eigenvalue weighted by molar-refractivity contribution is 9.10. The summed E-state index contributed by atoms with van der Waals surface area (Å²) in [6.45, 7) is 0.891. The Balaban J connectivity index is 1.43. The minimum absolute atomic E-state index is 0.102. The highest BCUT2D eigenvalue weighted by Gasteiger charge is 2.23. The van der Waals surface area contributed by atoms with Crippen LogP contribution in [0, 0.1) is 0 Å². The Bertz CT molecular complexity index is 947. The van der Waals surface area contributed by atoms with Crippen LogP contribution >= 0.6 is 15.9 Å². The lowest BCUT2D eigenvalue weighted by Gasteiger charge is -2.27. The molecular formula is C18H17BrN6O2. The molecule has 27 heavy (non-hydrogen) atoms. The second kappa shape index (κ2) is 7.75. The summed E-state index contributed by atoms with van der Waals surface area (Å²) in [6, 6.07) is 9.17. The molecule has 2 aromatic heterocycles. The number of nitrogens with one attached hydrogen (secondary N) is 2. The Kier molecular flexibility index (Phi) is 5.01. The van der Waals surface area contributed by atoms with Crippen molar-refractivity contribution in [3.63, 3.8) is 0 Å². The normalized spacial score (nSPS) is 15.5. The highest BCUT2D eigenvalue weighted by atomic mass is 79.9. The van der Waals surface area contributed by atoms with Crippen molar-refractivity contribution < 1.29 is 9.53 Å². The van der Waals surface area contributed by atoms with Gasteiger partial charge in [0, 0.05) is 34.8 Å². The van der Waals surface area contributed by atoms with Crippen molar-refractivity contribution in [1.82, 2.24) is 30.4 Å². The minimum atomic E-state index is -0.249. The maximum absolute atomic E-state index is 12.4. The van der Waals surface area contributed by atoms with Crippen molar-refractivity contribution in [3.05, 3.63) is 64.8 Å². The Morgan fingerprint density at radius 3 is 3.15 bits per heavy atom. The van der Waals surface area contributed by atoms with Gasteiger partial charge in [-0.25, -0.2) is 19.4 Å². The molecule has 1 aliphatic rings. The third-order valence-electron chi connectivity index (χ3n) is 4.26. The fraction of sp³-hybridized carbons (Fsp3) is 0.222. The summed E-state index contributed by atoms with van der Waals surface area (Å²) >= 11 is 3.47. The number of carbonyl (C=O) groups is 1. The second-order valence-corrected chi connectivity index (χ2v) is 6.94. The van der Waals surface area contributed by atoms with Crippen molar-refractivity contribution in [2.75, 3.05) is 6.61 Å². The van der Waals surface area contributed by atoms with E-state index in [2.05, 4.69) is 41.6 Å². The molecule has 1 aromatic carbocycles. The molecule has 2 N–H and O–H groups in total. The lowest BCUT2D eigenvalue weighted by molar-refractivity contribution is 0.223. The van der Waals surface area contributed by atoms with Crippen molar-refractivity contribution in [2.24, 2.45) is 0 Å². The first-order valence-corrected chi connectivity index (χ1v) is 9.25. The molecule has 0 bridgehead atoms. The molecule has 1 aliphatic heterocycles. The zero-order chi connectivity index (χ0) is 18.6. The van der Waals surface area contributed by atoms with Gasteiger partial charge < -0.3 is 15.4 Å². The van der Waals surface area contributed by atoms with Crippen LogP contribution in [0.4, 0.5) is 4.79 Å². The van der Waals surface area contributed by atoms with Crippen LogP contribution in [0.5, 0.6) is 5.75 Å². The van der Waals surface area contributed by atoms with Gasteiger partial charge in [0.25, 0.3) is 0 Å². The number of carbonyl (C=O) groups excluding carboxylic acids is 1. The van der Waals surface area contributed by atoms with Crippen molar-refractivity contribution >= 4 is 22.0 Å². The molecule has 0 saturated carbocycles. The number of aromatic nitrogens is 4. The molecule has 0 saturated heterocycles. The number of hydrogen-bond acceptors (Lipinski definition) is 5. The zero-order valence-electron chi connectivity index (χ0n) is 14.3. The lowest BCUT2D eigenvalue weighted by Crippen LogP contribution is -2.39. The molecule has 8 nitrogen and oxygen atoms in total. The van der Waals surface area contributed by atoms with Gasteiger partial charge in [0.1, 0.15) is 18.4 Å². The van der Waals surface area contributed by atoms with Gasteiger partial charge in [-0.1, -0.05) is 22.0 Å². The van der Waals surface area contributed by atoms with Gasteiger partial charge in [-0.15, -0.1) is 0 Å². The van der Waals surface area contributed by atoms with Gasteiger partial charge in [-0.05, 0) is 24.3 Å². The van der Waals surface area contributed by atoms with Crippen molar-refractivity contribution in [1.29, 1.82) is 0 Å². The second-order valence-electron chi connectivity index (χ2n) is 6.03. The number of amides is 2. The van der Waals surface area contributed by atoms with E-state index in [0.717, 1.165) is 21.3 Å². The Hall–Kier alpha value is -2.94. The van der Waals surface area contributed by atoms with E-state index >= 15 is 0 Å². The quantitative estimate of drug-likeness (QED) is 0.665. The summed E-state index contributed by atoms with van der Waals surface area (Å²) in [7, 11) is 0. The number of benzene rings is 1. The minimum Gasteiger partial charge on any atom is -0.493 e. The summed E-state index contributed by atoms with van der Waals surface area (Å²) in [5.41, 5.74) is 1.81. The van der Waals surface area contributed by atoms with Crippen LogP contribution in [0.2, 0.25) is 0 Å². The average molecular weight is 429 g/mol. The van der Waals surface area contributed by atoms with Gasteiger partial charge in [0.15, 0.2) is 5.82 Å². The van der Waals surface area contributed by atoms with Crippen LogP contribution in [-0.2, 0) is 6.54 Å². The number of urea groups is 1. The fourth-order valence-corrected chi connectivity index (χ4v) is 3.37. The van der Waals surface area contributed by atoms with E-state index in [1.165, 1.54) is 6.33 Å². The van der Waals surface area contributed by atoms with Crippen molar-refractivity contribution in [2.45, 2.75) is 19.0 Å². The van der Waals surface area contributed by atoms with Crippen LogP contribution in [0.1, 0.15) is 23.6 Å². The summed E-state index contributed by atoms with van der Waals surface area (Å²) in [4.78, 5) is 20.7. The van der Waals surface area contributed by atoms with E-state index in [1.54, 1.807) is 17.2 Å². The van der Waals surface area contributed by atoms with E-state index < -0.39 is 0 Å². The number of halogens is 1. The third-order valence-corrected chi connectivity index (χ3v) is 4.75. The maximum Gasteiger partial charge on any atom is 0.315 e. The van der Waals surface area contributed by atoms with Gasteiger partial charge in [0.05, 0.1) is 12.6 Å². The van der Waals surface area contributed by atoms with Crippen LogP contribution in [-0.4, -0.2) is 32.4 Å². The number of pyridine rings is 1. The molecule has 0 aliphatic carbocycles. The van der Waals surface area contributed by atoms with E-state index in [4.69, 9.17) is 4.74 Å². The number of ether oxygens (including phenoxy) is 1. The molecule has 1 unspecified atom stereocenters. The van der Waals surface area contributed by atoms with Gasteiger partial charge in [0.2, 0.25) is 0 Å². The highest BCUT2D eigenvalue weighted by Crippen LogP contribution is 2.34. The first-order chi connectivity index (χ1) is 13.2. The summed E-state index contributed by atoms with van der Waals surface area (Å²) in [5.74, 6) is 1.44. The largest absolute Gasteiger partial charge is 0.493 e. The maximum atomic E-state index is 12.4. The Morgan fingerprint density at radius 1 is 1.37 bits per heavy atom. The number of hydrogen-bond donors (Lipinski definition) is 2. The Morgan fingerprint density at radius 2 is 2.30 bits per heavy atom. The molecule has 4 rings (SSSR count). The lowest BCUT2D eigenvalue weighted by atomic mass is 10.0. The van der Waals surface area contributed by atoms with Gasteiger partial charge in [-0.3, -0.25) is 0 Å². The van der Waals surface area contributed by atoms with E-state index in [0.29, 0.717) is 25.4 Å². The van der Waals surface area contributed by atoms with Crippen molar-refractivity contribution in [3.8, 4) is 11.6 Å². The molecule has 3 aromatic rings. The molecule has 0 radical (unpaired) electrons. The Labute approximate surface area is 164 Å². The van der Waals surface area contributed by atoms with E-state index in [-0.39, 0.29) is 12.1 Å². The number of nitrogens with zero attached hydrogens (tertiary/aromatic N) is 4. The monoisotopic (exact) mass is 428 g/mol. The van der Waals surface area contributed by atoms with E-state index in [1.807, 2.05) is 30.3 Å². The fourth-order valence-electron chi connectivity index (χ4n) is 2.99. The predicted molar refractivity (Wildman–Crippen MR) is 102 cm³/mol. The topological polar surface area (TPSA) is 94.0 Å². The number of rotatable bonds is 4. The smallest absolute Gasteiger partial charge is 0.315 e. The first kappa shape index (κ1) is 17.5. The molecule has 9 heteroatoms. The van der Waals surface area contributed by atoms with Crippen LogP contribution < -0.4 is 15.4 Å². The van der Waals surface area contributed by atoms with Crippen LogP contribution in [0.25, 0.3) is 5.82 Å². The first-order valence-electron chi connectivity index (χ1n) is 8.46. The summed E-state index contributed by atoms with van der Waals surface area (Å²) in [5, 5.41) is 10.0. The zero-order valence-corrected chi connectivity index (χ0v) is 15.9. The molecular weight excluding hydrogens is 412 g/mol. The third kappa shape index (κ3) is 3.92. The standard InChI is InChI=1S/C18H17BrN6O2/c19-13-3-4-16-14(8-13)15(5-7-27-16)24-18(26)22-9-12-2-1-6-21-17(12)25-11-20-10-23-25/h1-4,6,8,10-11,15H,5,7,9H2,(H2,22,24,26). The molecule has 3 heterocycles. The average Bonchev–Trinajstić information content (AvgIpc) is 3.22. The van der Waals surface area contributed by atoms with E-state index in [9.17, 15) is 4.79 Å². The van der Waals surface area contributed by atoms with Crippen LogP contribution in [0.3, 0.4) is 0 Å². The van der Waals surface area contributed by atoms with Gasteiger partial charge >= 0.3 is 6.03 Å².